The molecule has 1 aromatic heterocycles. The molecule has 0 radical (unpaired) electrons. The van der Waals surface area contributed by atoms with Crippen LogP contribution in [0.1, 0.15) is 25.7 Å². The van der Waals surface area contributed by atoms with E-state index in [2.05, 4.69) is 10.6 Å². The van der Waals surface area contributed by atoms with Gasteiger partial charge < -0.3 is 20.3 Å². The van der Waals surface area contributed by atoms with Crippen LogP contribution in [0.5, 0.6) is 5.75 Å². The molecule has 2 N–H and O–H groups in total. The van der Waals surface area contributed by atoms with E-state index in [0.29, 0.717) is 17.7 Å². The molecule has 0 atom stereocenters. The van der Waals surface area contributed by atoms with Crippen LogP contribution in [0.3, 0.4) is 0 Å². The van der Waals surface area contributed by atoms with Gasteiger partial charge in [0.1, 0.15) is 11.6 Å². The number of para-hydroxylation sites is 2. The molecule has 0 unspecified atom stereocenters. The third kappa shape index (κ3) is 5.42. The van der Waals surface area contributed by atoms with Gasteiger partial charge in [-0.25, -0.2) is 4.98 Å². The Bertz CT molecular complexity index is 1020. The lowest BCUT2D eigenvalue weighted by molar-refractivity contribution is -0.124. The second-order valence-corrected chi connectivity index (χ2v) is 8.14. The Morgan fingerprint density at radius 1 is 0.968 bits per heavy atom. The van der Waals surface area contributed by atoms with Crippen molar-refractivity contribution in [2.45, 2.75) is 37.8 Å². The van der Waals surface area contributed by atoms with E-state index in [9.17, 15) is 4.79 Å². The van der Waals surface area contributed by atoms with Gasteiger partial charge in [-0.05, 0) is 49.9 Å². The number of ether oxygens (including phenoxy) is 1. The maximum Gasteiger partial charge on any atom is 0.258 e. The topological polar surface area (TPSA) is 79.4 Å². The summed E-state index contributed by atoms with van der Waals surface area (Å²) in [6.45, 7) is 0.0421. The second kappa shape index (κ2) is 9.64. The molecule has 7 heteroatoms. The predicted octanol–water partition coefficient (Wildman–Crippen LogP) is 3.61. The number of amides is 1. The molecule has 1 aliphatic rings. The highest BCUT2D eigenvalue weighted by Gasteiger charge is 2.23. The van der Waals surface area contributed by atoms with E-state index < -0.39 is 0 Å². The number of anilines is 2. The van der Waals surface area contributed by atoms with Crippen molar-refractivity contribution < 1.29 is 9.53 Å². The van der Waals surface area contributed by atoms with Crippen LogP contribution in [-0.4, -0.2) is 48.7 Å². The average Bonchev–Trinajstić information content (AvgIpc) is 2.79. The summed E-state index contributed by atoms with van der Waals surface area (Å²) in [4.78, 5) is 23.6. The van der Waals surface area contributed by atoms with Crippen LogP contribution < -0.4 is 20.3 Å². The van der Waals surface area contributed by atoms with Crippen molar-refractivity contribution in [2.75, 3.05) is 30.9 Å². The molecule has 1 saturated carbocycles. The standard InChI is InChI=1S/C24H29N5O2/c1-29(2)23-20-10-6-7-11-21(20)27-24(28-23)26-18-14-12-17(13-15-18)25-22(30)16-31-19-8-4-3-5-9-19/h3-11,17-18H,12-16H2,1-2H3,(H,25,30)(H,26,27,28)/t17-,18+. The van der Waals surface area contributed by atoms with Crippen molar-refractivity contribution in [2.24, 2.45) is 0 Å². The fourth-order valence-corrected chi connectivity index (χ4v) is 3.96. The number of nitrogens with one attached hydrogen (secondary N) is 2. The Labute approximate surface area is 182 Å². The van der Waals surface area contributed by atoms with Gasteiger partial charge in [0.25, 0.3) is 5.91 Å². The highest BCUT2D eigenvalue weighted by molar-refractivity contribution is 5.90. The molecule has 0 aliphatic heterocycles. The Hall–Kier alpha value is -3.35. The van der Waals surface area contributed by atoms with E-state index in [1.807, 2.05) is 73.6 Å². The summed E-state index contributed by atoms with van der Waals surface area (Å²) in [7, 11) is 3.99. The lowest BCUT2D eigenvalue weighted by Crippen LogP contribution is -2.42. The summed E-state index contributed by atoms with van der Waals surface area (Å²) in [5.74, 6) is 2.20. The summed E-state index contributed by atoms with van der Waals surface area (Å²) >= 11 is 0. The lowest BCUT2D eigenvalue weighted by atomic mass is 9.91. The monoisotopic (exact) mass is 419 g/mol. The summed E-state index contributed by atoms with van der Waals surface area (Å²) in [5, 5.41) is 7.64. The van der Waals surface area contributed by atoms with Gasteiger partial charge in [0.2, 0.25) is 5.95 Å². The largest absolute Gasteiger partial charge is 0.484 e. The van der Waals surface area contributed by atoms with Gasteiger partial charge in [-0.2, -0.15) is 4.98 Å². The van der Waals surface area contributed by atoms with E-state index in [1.165, 1.54) is 0 Å². The number of fused-ring (bicyclic) bond motifs is 1. The summed E-state index contributed by atoms with van der Waals surface area (Å²) in [6.07, 6.45) is 3.75. The van der Waals surface area contributed by atoms with Gasteiger partial charge in [-0.3, -0.25) is 4.79 Å². The van der Waals surface area contributed by atoms with E-state index in [4.69, 9.17) is 14.7 Å². The molecule has 1 heterocycles. The lowest BCUT2D eigenvalue weighted by Gasteiger charge is -2.30. The second-order valence-electron chi connectivity index (χ2n) is 8.14. The first kappa shape index (κ1) is 20.9. The number of carbonyl (C=O) groups excluding carboxylic acids is 1. The fourth-order valence-electron chi connectivity index (χ4n) is 3.96. The van der Waals surface area contributed by atoms with Gasteiger partial charge in [0.05, 0.1) is 5.52 Å². The normalized spacial score (nSPS) is 18.4. The first-order valence-corrected chi connectivity index (χ1v) is 10.8. The number of benzene rings is 2. The molecule has 0 saturated heterocycles. The number of rotatable bonds is 7. The summed E-state index contributed by atoms with van der Waals surface area (Å²) < 4.78 is 5.53. The molecule has 7 nitrogen and oxygen atoms in total. The minimum atomic E-state index is -0.0752. The molecular weight excluding hydrogens is 390 g/mol. The molecule has 1 amide bonds. The number of carbonyl (C=O) groups is 1. The minimum absolute atomic E-state index is 0.0421. The van der Waals surface area contributed by atoms with Gasteiger partial charge in [-0.1, -0.05) is 30.3 Å². The quantitative estimate of drug-likeness (QED) is 0.609. The molecule has 0 bridgehead atoms. The maximum atomic E-state index is 12.2. The van der Waals surface area contributed by atoms with Gasteiger partial charge in [-0.15, -0.1) is 0 Å². The van der Waals surface area contributed by atoms with Crippen LogP contribution >= 0.6 is 0 Å². The Morgan fingerprint density at radius 3 is 2.39 bits per heavy atom. The third-order valence-corrected chi connectivity index (χ3v) is 5.55. The molecule has 162 valence electrons. The van der Waals surface area contributed by atoms with Crippen molar-refractivity contribution in [3.8, 4) is 5.75 Å². The SMILES string of the molecule is CN(C)c1nc(N[C@H]2CC[C@@H](NC(=O)COc3ccccc3)CC2)nc2ccccc12. The highest BCUT2D eigenvalue weighted by Crippen LogP contribution is 2.26. The van der Waals surface area contributed by atoms with Crippen LogP contribution in [0.2, 0.25) is 0 Å². The number of hydrogen-bond acceptors (Lipinski definition) is 6. The zero-order chi connectivity index (χ0) is 21.6. The number of aromatic nitrogens is 2. The average molecular weight is 420 g/mol. The minimum Gasteiger partial charge on any atom is -0.484 e. The molecule has 1 fully saturated rings. The molecule has 2 aromatic carbocycles. The highest BCUT2D eigenvalue weighted by atomic mass is 16.5. The molecule has 0 spiro atoms. The molecule has 4 rings (SSSR count). The molecule has 3 aromatic rings. The smallest absolute Gasteiger partial charge is 0.258 e. The van der Waals surface area contributed by atoms with Crippen molar-refractivity contribution in [1.29, 1.82) is 0 Å². The van der Waals surface area contributed by atoms with Gasteiger partial charge >= 0.3 is 0 Å². The summed E-state index contributed by atoms with van der Waals surface area (Å²) in [5.41, 5.74) is 0.933. The maximum absolute atomic E-state index is 12.2. The van der Waals surface area contributed by atoms with E-state index in [1.54, 1.807) is 0 Å². The molecule has 1 aliphatic carbocycles. The molecule has 31 heavy (non-hydrogen) atoms. The Balaban J connectivity index is 1.29. The zero-order valence-corrected chi connectivity index (χ0v) is 18.0. The summed E-state index contributed by atoms with van der Waals surface area (Å²) in [6, 6.07) is 17.9. The fraction of sp³-hybridized carbons (Fsp3) is 0.375. The van der Waals surface area contributed by atoms with Gasteiger partial charge in [0, 0.05) is 31.6 Å². The van der Waals surface area contributed by atoms with Crippen LogP contribution in [0.4, 0.5) is 11.8 Å². The predicted molar refractivity (Wildman–Crippen MR) is 124 cm³/mol. The first-order valence-electron chi connectivity index (χ1n) is 10.8. The van der Waals surface area contributed by atoms with Crippen LogP contribution in [0.25, 0.3) is 10.9 Å². The van der Waals surface area contributed by atoms with Crippen molar-refractivity contribution in [3.05, 3.63) is 54.6 Å². The van der Waals surface area contributed by atoms with Crippen molar-refractivity contribution >= 4 is 28.6 Å². The zero-order valence-electron chi connectivity index (χ0n) is 18.0. The van der Waals surface area contributed by atoms with E-state index in [0.717, 1.165) is 42.4 Å². The third-order valence-electron chi connectivity index (χ3n) is 5.55. The van der Waals surface area contributed by atoms with E-state index in [-0.39, 0.29) is 18.6 Å². The first-order chi connectivity index (χ1) is 15.1. The van der Waals surface area contributed by atoms with Crippen LogP contribution in [-0.2, 0) is 4.79 Å². The van der Waals surface area contributed by atoms with Crippen molar-refractivity contribution in [1.82, 2.24) is 15.3 Å². The van der Waals surface area contributed by atoms with E-state index >= 15 is 0 Å². The van der Waals surface area contributed by atoms with Crippen LogP contribution in [0, 0.1) is 0 Å². The number of nitrogens with zero attached hydrogens (tertiary/aromatic N) is 3. The van der Waals surface area contributed by atoms with Crippen LogP contribution in [0.15, 0.2) is 54.6 Å². The molecular formula is C24H29N5O2. The Kier molecular flexibility index (Phi) is 6.50. The van der Waals surface area contributed by atoms with Gasteiger partial charge in [0.15, 0.2) is 6.61 Å². The van der Waals surface area contributed by atoms with Crippen molar-refractivity contribution in [3.63, 3.8) is 0 Å². The number of hydrogen-bond donors (Lipinski definition) is 2. The Morgan fingerprint density at radius 2 is 1.65 bits per heavy atom.